The van der Waals surface area contributed by atoms with E-state index < -0.39 is 11.4 Å². The summed E-state index contributed by atoms with van der Waals surface area (Å²) < 4.78 is 5.40. The first-order chi connectivity index (χ1) is 9.99. The fraction of sp³-hybridized carbons (Fsp3) is 0.500. The van der Waals surface area contributed by atoms with E-state index in [-0.39, 0.29) is 12.3 Å². The molecule has 1 atom stereocenters. The van der Waals surface area contributed by atoms with E-state index in [1.165, 1.54) is 0 Å². The van der Waals surface area contributed by atoms with Crippen molar-refractivity contribution in [3.05, 3.63) is 29.8 Å². The predicted octanol–water partition coefficient (Wildman–Crippen LogP) is 2.46. The number of carbonyl (C=O) groups excluding carboxylic acids is 1. The lowest BCUT2D eigenvalue weighted by molar-refractivity contribution is -0.137. The van der Waals surface area contributed by atoms with Gasteiger partial charge >= 0.3 is 5.97 Å². The van der Waals surface area contributed by atoms with Gasteiger partial charge in [0, 0.05) is 18.7 Å². The number of nitrogens with one attached hydrogen (secondary N) is 1. The Hall–Kier alpha value is -1.88. The molecule has 5 heteroatoms. The molecular formula is C16H21NO4. The Balaban J connectivity index is 1.93. The summed E-state index contributed by atoms with van der Waals surface area (Å²) in [6, 6.07) is 7.31. The maximum absolute atomic E-state index is 12.3. The number of hydrogen-bond acceptors (Lipinski definition) is 3. The monoisotopic (exact) mass is 291 g/mol. The summed E-state index contributed by atoms with van der Waals surface area (Å²) in [6.07, 6.45) is 2.34. The Morgan fingerprint density at radius 2 is 2.05 bits per heavy atom. The van der Waals surface area contributed by atoms with Crippen LogP contribution in [0.4, 0.5) is 5.69 Å². The molecule has 0 radical (unpaired) electrons. The zero-order chi connectivity index (χ0) is 15.3. The van der Waals surface area contributed by atoms with Gasteiger partial charge in [-0.2, -0.15) is 0 Å². The second-order valence-electron chi connectivity index (χ2n) is 5.76. The SMILES string of the molecule is CC1(C(=O)Nc2ccc(CCC(=O)O)cc2)CCCOC1. The van der Waals surface area contributed by atoms with Gasteiger partial charge < -0.3 is 15.2 Å². The van der Waals surface area contributed by atoms with E-state index in [4.69, 9.17) is 9.84 Å². The molecule has 1 unspecified atom stereocenters. The minimum Gasteiger partial charge on any atom is -0.481 e. The lowest BCUT2D eigenvalue weighted by Crippen LogP contribution is -2.40. The molecule has 1 heterocycles. The zero-order valence-corrected chi connectivity index (χ0v) is 12.2. The van der Waals surface area contributed by atoms with Crippen LogP contribution in [-0.2, 0) is 20.7 Å². The summed E-state index contributed by atoms with van der Waals surface area (Å²) in [4.78, 5) is 22.8. The Morgan fingerprint density at radius 1 is 1.33 bits per heavy atom. The van der Waals surface area contributed by atoms with E-state index in [2.05, 4.69) is 5.32 Å². The van der Waals surface area contributed by atoms with Crippen molar-refractivity contribution in [2.75, 3.05) is 18.5 Å². The van der Waals surface area contributed by atoms with Crippen molar-refractivity contribution in [2.45, 2.75) is 32.6 Å². The highest BCUT2D eigenvalue weighted by Crippen LogP contribution is 2.29. The Kier molecular flexibility index (Phi) is 4.96. The van der Waals surface area contributed by atoms with Crippen LogP contribution in [0, 0.1) is 5.41 Å². The van der Waals surface area contributed by atoms with Crippen molar-refractivity contribution >= 4 is 17.6 Å². The molecule has 1 aromatic rings. The molecule has 1 amide bonds. The molecule has 0 saturated carbocycles. The Bertz CT molecular complexity index is 504. The van der Waals surface area contributed by atoms with E-state index in [9.17, 15) is 9.59 Å². The van der Waals surface area contributed by atoms with Crippen LogP contribution in [-0.4, -0.2) is 30.2 Å². The number of carbonyl (C=O) groups is 2. The Labute approximate surface area is 124 Å². The molecule has 0 aliphatic carbocycles. The first kappa shape index (κ1) is 15.5. The molecule has 1 aromatic carbocycles. The van der Waals surface area contributed by atoms with Crippen LogP contribution < -0.4 is 5.32 Å². The van der Waals surface area contributed by atoms with Gasteiger partial charge in [0.2, 0.25) is 5.91 Å². The first-order valence-corrected chi connectivity index (χ1v) is 7.19. The third-order valence-corrected chi connectivity index (χ3v) is 3.83. The third kappa shape index (κ3) is 4.29. The number of hydrogen-bond donors (Lipinski definition) is 2. The summed E-state index contributed by atoms with van der Waals surface area (Å²) in [7, 11) is 0. The molecule has 2 N–H and O–H groups in total. The van der Waals surface area contributed by atoms with Crippen molar-refractivity contribution in [2.24, 2.45) is 5.41 Å². The maximum atomic E-state index is 12.3. The summed E-state index contributed by atoms with van der Waals surface area (Å²) in [5.41, 5.74) is 1.20. The van der Waals surface area contributed by atoms with Gasteiger partial charge in [-0.25, -0.2) is 0 Å². The van der Waals surface area contributed by atoms with Crippen molar-refractivity contribution < 1.29 is 19.4 Å². The molecular weight excluding hydrogens is 270 g/mol. The molecule has 114 valence electrons. The zero-order valence-electron chi connectivity index (χ0n) is 12.2. The van der Waals surface area contributed by atoms with Crippen molar-refractivity contribution in [3.63, 3.8) is 0 Å². The normalized spacial score (nSPS) is 21.8. The van der Waals surface area contributed by atoms with E-state index in [1.807, 2.05) is 31.2 Å². The van der Waals surface area contributed by atoms with E-state index in [0.29, 0.717) is 13.0 Å². The van der Waals surface area contributed by atoms with Crippen LogP contribution in [0.15, 0.2) is 24.3 Å². The molecule has 1 fully saturated rings. The highest BCUT2D eigenvalue weighted by molar-refractivity contribution is 5.95. The molecule has 1 saturated heterocycles. The number of carboxylic acid groups (broad SMARTS) is 1. The standard InChI is InChI=1S/C16H21NO4/c1-16(9-2-10-21-11-16)15(20)17-13-6-3-12(4-7-13)5-8-14(18)19/h3-4,6-7H,2,5,8-11H2,1H3,(H,17,20)(H,18,19). The van der Waals surface area contributed by atoms with Gasteiger partial charge in [0.15, 0.2) is 0 Å². The van der Waals surface area contributed by atoms with Crippen LogP contribution in [0.25, 0.3) is 0 Å². The molecule has 0 spiro atoms. The molecule has 21 heavy (non-hydrogen) atoms. The highest BCUT2D eigenvalue weighted by Gasteiger charge is 2.35. The lowest BCUT2D eigenvalue weighted by Gasteiger charge is -2.31. The fourth-order valence-corrected chi connectivity index (χ4v) is 2.40. The van der Waals surface area contributed by atoms with Gasteiger partial charge in [0.25, 0.3) is 0 Å². The molecule has 0 aromatic heterocycles. The number of benzene rings is 1. The molecule has 1 aliphatic rings. The maximum Gasteiger partial charge on any atom is 0.303 e. The Morgan fingerprint density at radius 3 is 2.62 bits per heavy atom. The lowest BCUT2D eigenvalue weighted by atomic mass is 9.84. The van der Waals surface area contributed by atoms with Crippen LogP contribution in [0.2, 0.25) is 0 Å². The first-order valence-electron chi connectivity index (χ1n) is 7.19. The van der Waals surface area contributed by atoms with Gasteiger partial charge in [0.05, 0.1) is 12.0 Å². The smallest absolute Gasteiger partial charge is 0.303 e. The van der Waals surface area contributed by atoms with Crippen LogP contribution in [0.1, 0.15) is 31.7 Å². The van der Waals surface area contributed by atoms with Crippen LogP contribution in [0.3, 0.4) is 0 Å². The summed E-state index contributed by atoms with van der Waals surface area (Å²) >= 11 is 0. The largest absolute Gasteiger partial charge is 0.481 e. The molecule has 0 bridgehead atoms. The molecule has 2 rings (SSSR count). The minimum absolute atomic E-state index is 0.0273. The number of aryl methyl sites for hydroxylation is 1. The van der Waals surface area contributed by atoms with Crippen molar-refractivity contribution in [1.29, 1.82) is 0 Å². The number of ether oxygens (including phenoxy) is 1. The van der Waals surface area contributed by atoms with Crippen molar-refractivity contribution in [3.8, 4) is 0 Å². The topological polar surface area (TPSA) is 75.6 Å². The molecule has 1 aliphatic heterocycles. The van der Waals surface area contributed by atoms with Gasteiger partial charge in [-0.15, -0.1) is 0 Å². The number of aliphatic carboxylic acids is 1. The van der Waals surface area contributed by atoms with Crippen LogP contribution >= 0.6 is 0 Å². The second kappa shape index (κ2) is 6.72. The molecule has 5 nitrogen and oxygen atoms in total. The quantitative estimate of drug-likeness (QED) is 0.873. The number of rotatable bonds is 5. The second-order valence-corrected chi connectivity index (χ2v) is 5.76. The van der Waals surface area contributed by atoms with E-state index in [0.717, 1.165) is 30.7 Å². The number of anilines is 1. The summed E-state index contributed by atoms with van der Waals surface area (Å²) in [6.45, 7) is 3.10. The summed E-state index contributed by atoms with van der Waals surface area (Å²) in [5, 5.41) is 11.6. The van der Waals surface area contributed by atoms with E-state index in [1.54, 1.807) is 0 Å². The van der Waals surface area contributed by atoms with Crippen LogP contribution in [0.5, 0.6) is 0 Å². The average molecular weight is 291 g/mol. The third-order valence-electron chi connectivity index (χ3n) is 3.83. The number of carboxylic acids is 1. The van der Waals surface area contributed by atoms with E-state index >= 15 is 0 Å². The number of amides is 1. The predicted molar refractivity (Wildman–Crippen MR) is 79.2 cm³/mol. The minimum atomic E-state index is -0.808. The van der Waals surface area contributed by atoms with Gasteiger partial charge in [0.1, 0.15) is 0 Å². The average Bonchev–Trinajstić information content (AvgIpc) is 2.47. The summed E-state index contributed by atoms with van der Waals surface area (Å²) in [5.74, 6) is -0.835. The van der Waals surface area contributed by atoms with Gasteiger partial charge in [-0.05, 0) is 43.9 Å². The fourth-order valence-electron chi connectivity index (χ4n) is 2.40. The van der Waals surface area contributed by atoms with Crippen molar-refractivity contribution in [1.82, 2.24) is 0 Å². The van der Waals surface area contributed by atoms with Gasteiger partial charge in [-0.3, -0.25) is 9.59 Å². The highest BCUT2D eigenvalue weighted by atomic mass is 16.5. The van der Waals surface area contributed by atoms with Gasteiger partial charge in [-0.1, -0.05) is 12.1 Å².